The zero-order valence-corrected chi connectivity index (χ0v) is 24.0. The van der Waals surface area contributed by atoms with E-state index < -0.39 is 24.2 Å². The van der Waals surface area contributed by atoms with Crippen LogP contribution in [0.3, 0.4) is 0 Å². The van der Waals surface area contributed by atoms with Gasteiger partial charge in [0.1, 0.15) is 18.7 Å². The molecular formula is C32H36N2O6S. The quantitative estimate of drug-likeness (QED) is 0.223. The molecule has 216 valence electrons. The van der Waals surface area contributed by atoms with Crippen LogP contribution in [0.15, 0.2) is 91.0 Å². The maximum absolute atomic E-state index is 13.6. The number of hydrogen-bond donors (Lipinski definition) is 2. The summed E-state index contributed by atoms with van der Waals surface area (Å²) in [4.78, 5) is 38.4. The van der Waals surface area contributed by atoms with Crippen molar-refractivity contribution in [2.45, 2.75) is 49.9 Å². The van der Waals surface area contributed by atoms with E-state index >= 15 is 0 Å². The fourth-order valence-electron chi connectivity index (χ4n) is 4.62. The number of ether oxygens (including phenoxy) is 3. The van der Waals surface area contributed by atoms with Crippen LogP contribution in [0.4, 0.5) is 4.79 Å². The topological polar surface area (TPSA) is 103 Å². The van der Waals surface area contributed by atoms with Crippen molar-refractivity contribution < 1.29 is 28.6 Å². The van der Waals surface area contributed by atoms with Crippen LogP contribution in [0.5, 0.6) is 0 Å². The van der Waals surface area contributed by atoms with E-state index in [1.165, 1.54) is 7.11 Å². The van der Waals surface area contributed by atoms with Crippen molar-refractivity contribution in [2.75, 3.05) is 12.9 Å². The molecule has 0 saturated carbocycles. The number of alkyl carbamates (subject to hydrolysis) is 1. The van der Waals surface area contributed by atoms with Crippen molar-refractivity contribution >= 4 is 29.8 Å². The molecule has 1 unspecified atom stereocenters. The van der Waals surface area contributed by atoms with Gasteiger partial charge in [-0.25, -0.2) is 9.59 Å². The van der Waals surface area contributed by atoms with Crippen molar-refractivity contribution in [3.8, 4) is 0 Å². The van der Waals surface area contributed by atoms with Crippen LogP contribution in [0, 0.1) is 5.92 Å². The summed E-state index contributed by atoms with van der Waals surface area (Å²) in [6.45, 7) is 2.14. The number of amides is 1. The van der Waals surface area contributed by atoms with Crippen molar-refractivity contribution in [2.24, 2.45) is 5.92 Å². The van der Waals surface area contributed by atoms with Gasteiger partial charge in [-0.05, 0) is 35.4 Å². The minimum absolute atomic E-state index is 0.0159. The van der Waals surface area contributed by atoms with Gasteiger partial charge in [0, 0.05) is 5.75 Å². The third-order valence-electron chi connectivity index (χ3n) is 6.95. The van der Waals surface area contributed by atoms with Crippen LogP contribution in [-0.2, 0) is 30.4 Å². The van der Waals surface area contributed by atoms with Gasteiger partial charge in [-0.15, -0.1) is 11.8 Å². The Morgan fingerprint density at radius 3 is 2.07 bits per heavy atom. The molecule has 1 fully saturated rings. The molecule has 3 aromatic rings. The van der Waals surface area contributed by atoms with Crippen LogP contribution in [0.1, 0.15) is 42.6 Å². The highest BCUT2D eigenvalue weighted by molar-refractivity contribution is 8.00. The van der Waals surface area contributed by atoms with Crippen molar-refractivity contribution in [3.63, 3.8) is 0 Å². The molecule has 0 bridgehead atoms. The third kappa shape index (κ3) is 8.83. The number of hydrogen-bond acceptors (Lipinski definition) is 8. The molecule has 1 aliphatic heterocycles. The molecule has 0 spiro atoms. The van der Waals surface area contributed by atoms with Crippen LogP contribution >= 0.6 is 11.8 Å². The van der Waals surface area contributed by atoms with E-state index in [0.29, 0.717) is 18.6 Å². The maximum atomic E-state index is 13.6. The number of thioether (sulfide) groups is 1. The predicted octanol–water partition coefficient (Wildman–Crippen LogP) is 5.23. The number of methoxy groups -OCH3 is 1. The van der Waals surface area contributed by atoms with Crippen molar-refractivity contribution in [1.82, 2.24) is 10.6 Å². The molecule has 0 aliphatic carbocycles. The molecule has 3 aromatic carbocycles. The Morgan fingerprint density at radius 1 is 0.902 bits per heavy atom. The van der Waals surface area contributed by atoms with Crippen molar-refractivity contribution in [3.05, 3.63) is 108 Å². The summed E-state index contributed by atoms with van der Waals surface area (Å²) in [5.74, 6) is -0.117. The van der Waals surface area contributed by atoms with Crippen LogP contribution in [0.25, 0.3) is 0 Å². The van der Waals surface area contributed by atoms with Gasteiger partial charge in [-0.2, -0.15) is 0 Å². The van der Waals surface area contributed by atoms with Crippen LogP contribution in [-0.4, -0.2) is 48.4 Å². The SMILES string of the molecule is COC(=O)[C@@H]1CSC([C@H](C)CC[C@H](NC(=O)OCc2ccccc2)C(=O)OC(c2ccccc2)c2ccccc2)N1. The zero-order chi connectivity index (χ0) is 29.0. The fourth-order valence-corrected chi connectivity index (χ4v) is 5.98. The Morgan fingerprint density at radius 2 is 1.49 bits per heavy atom. The lowest BCUT2D eigenvalue weighted by Gasteiger charge is -2.25. The van der Waals surface area contributed by atoms with Gasteiger partial charge in [0.05, 0.1) is 12.5 Å². The van der Waals surface area contributed by atoms with Crippen LogP contribution in [0.2, 0.25) is 0 Å². The highest BCUT2D eigenvalue weighted by Crippen LogP contribution is 2.30. The highest BCUT2D eigenvalue weighted by Gasteiger charge is 2.34. The number of benzene rings is 3. The molecule has 8 nitrogen and oxygen atoms in total. The lowest BCUT2D eigenvalue weighted by atomic mass is 9.99. The van der Waals surface area contributed by atoms with E-state index in [1.54, 1.807) is 11.8 Å². The van der Waals surface area contributed by atoms with E-state index in [9.17, 15) is 14.4 Å². The first-order valence-corrected chi connectivity index (χ1v) is 14.7. The Labute approximate surface area is 245 Å². The van der Waals surface area contributed by atoms with E-state index in [2.05, 4.69) is 17.6 Å². The molecule has 1 saturated heterocycles. The smallest absolute Gasteiger partial charge is 0.408 e. The largest absolute Gasteiger partial charge is 0.468 e. The highest BCUT2D eigenvalue weighted by atomic mass is 32.2. The molecule has 41 heavy (non-hydrogen) atoms. The van der Waals surface area contributed by atoms with Gasteiger partial charge in [0.2, 0.25) is 0 Å². The molecule has 2 N–H and O–H groups in total. The Kier molecular flexibility index (Phi) is 11.2. The lowest BCUT2D eigenvalue weighted by molar-refractivity contribution is -0.150. The molecule has 0 aromatic heterocycles. The maximum Gasteiger partial charge on any atom is 0.408 e. The Hall–Kier alpha value is -3.82. The van der Waals surface area contributed by atoms with E-state index in [1.807, 2.05) is 91.0 Å². The molecule has 1 amide bonds. The Balaban J connectivity index is 1.45. The average Bonchev–Trinajstić information content (AvgIpc) is 3.52. The third-order valence-corrected chi connectivity index (χ3v) is 8.43. The number of rotatable bonds is 12. The van der Waals surface area contributed by atoms with Gasteiger partial charge >= 0.3 is 18.0 Å². The van der Waals surface area contributed by atoms with Gasteiger partial charge < -0.3 is 19.5 Å². The molecule has 1 aliphatic rings. The lowest BCUT2D eigenvalue weighted by Crippen LogP contribution is -2.43. The number of carbonyl (C=O) groups is 3. The van der Waals surface area contributed by atoms with E-state index in [0.717, 1.165) is 16.7 Å². The Bertz CT molecular complexity index is 1220. The number of esters is 2. The predicted molar refractivity (Wildman–Crippen MR) is 158 cm³/mol. The first-order valence-electron chi connectivity index (χ1n) is 13.7. The normalized spacial score (nSPS) is 17.8. The monoisotopic (exact) mass is 576 g/mol. The molecule has 1 heterocycles. The summed E-state index contributed by atoms with van der Waals surface area (Å²) in [5.41, 5.74) is 2.49. The second-order valence-electron chi connectivity index (χ2n) is 9.95. The van der Waals surface area contributed by atoms with Gasteiger partial charge in [-0.3, -0.25) is 10.1 Å². The van der Waals surface area contributed by atoms with Crippen molar-refractivity contribution in [1.29, 1.82) is 0 Å². The molecule has 0 radical (unpaired) electrons. The second-order valence-corrected chi connectivity index (χ2v) is 11.1. The summed E-state index contributed by atoms with van der Waals surface area (Å²) in [7, 11) is 1.38. The minimum atomic E-state index is -0.932. The molecular weight excluding hydrogens is 540 g/mol. The molecule has 9 heteroatoms. The minimum Gasteiger partial charge on any atom is -0.468 e. The summed E-state index contributed by atoms with van der Waals surface area (Å²) < 4.78 is 16.4. The number of nitrogens with one attached hydrogen (secondary N) is 2. The van der Waals surface area contributed by atoms with Gasteiger partial charge in [-0.1, -0.05) is 97.9 Å². The molecule has 4 rings (SSSR count). The first-order chi connectivity index (χ1) is 19.9. The van der Waals surface area contributed by atoms with E-state index in [4.69, 9.17) is 14.2 Å². The second kappa shape index (κ2) is 15.3. The number of carbonyl (C=O) groups excluding carboxylic acids is 3. The summed E-state index contributed by atoms with van der Waals surface area (Å²) in [5, 5.41) is 6.07. The zero-order valence-electron chi connectivity index (χ0n) is 23.2. The van der Waals surface area contributed by atoms with Gasteiger partial charge in [0.15, 0.2) is 6.10 Å². The van der Waals surface area contributed by atoms with E-state index in [-0.39, 0.29) is 29.9 Å². The average molecular weight is 577 g/mol. The fraction of sp³-hybridized carbons (Fsp3) is 0.344. The van der Waals surface area contributed by atoms with Crippen LogP contribution < -0.4 is 10.6 Å². The standard InChI is InChI=1S/C32H36N2O6S/c1-22(29-33-27(21-41-29)30(35)38-2)18-19-26(34-32(37)39-20-23-12-6-3-7-13-23)31(36)40-28(24-14-8-4-9-15-24)25-16-10-5-11-17-25/h3-17,22,26-29,33H,18-21H2,1-2H3,(H,34,37)/t22-,26+,27+,29?/m1/s1. The molecule has 4 atom stereocenters. The summed E-state index contributed by atoms with van der Waals surface area (Å²) in [6.07, 6.45) is -0.407. The first kappa shape index (κ1) is 30.1. The summed E-state index contributed by atoms with van der Waals surface area (Å²) in [6, 6.07) is 27.1. The summed E-state index contributed by atoms with van der Waals surface area (Å²) >= 11 is 1.65. The van der Waals surface area contributed by atoms with Gasteiger partial charge in [0.25, 0.3) is 0 Å².